The van der Waals surface area contributed by atoms with Gasteiger partial charge >= 0.3 is 0 Å². The zero-order chi connectivity index (χ0) is 17.6. The van der Waals surface area contributed by atoms with Gasteiger partial charge in [0, 0.05) is 19.0 Å². The number of ether oxygens (including phenoxy) is 2. The van der Waals surface area contributed by atoms with E-state index in [0.29, 0.717) is 32.1 Å². The van der Waals surface area contributed by atoms with Crippen molar-refractivity contribution in [3.8, 4) is 5.75 Å². The molecule has 1 N–H and O–H groups in total. The number of hydrogen-bond acceptors (Lipinski definition) is 5. The van der Waals surface area contributed by atoms with E-state index in [4.69, 9.17) is 9.47 Å². The van der Waals surface area contributed by atoms with Gasteiger partial charge in [-0.3, -0.25) is 9.59 Å². The molecular weight excluding hydrogens is 322 g/mol. The maximum atomic E-state index is 12.0. The molecule has 1 aliphatic heterocycles. The van der Waals surface area contributed by atoms with E-state index in [1.54, 1.807) is 17.0 Å². The normalized spacial score (nSPS) is 18.0. The van der Waals surface area contributed by atoms with Crippen LogP contribution in [-0.2, 0) is 14.3 Å². The minimum Gasteiger partial charge on any atom is -0.484 e. The second kappa shape index (κ2) is 8.11. The molecule has 0 atom stereocenters. The lowest BCUT2D eigenvalue weighted by Crippen LogP contribution is -2.42. The predicted molar refractivity (Wildman–Crippen MR) is 92.4 cm³/mol. The number of nitrogens with one attached hydrogen (secondary N) is 1. The summed E-state index contributed by atoms with van der Waals surface area (Å²) in [5.74, 6) is 0.713. The predicted octanol–water partition coefficient (Wildman–Crippen LogP) is 1.17. The van der Waals surface area contributed by atoms with Crippen LogP contribution in [0.15, 0.2) is 29.4 Å². The highest BCUT2D eigenvalue weighted by Gasteiger charge is 2.29. The number of nitrogens with zero attached hydrogens (tertiary/aromatic N) is 2. The number of hydrazone groups is 1. The van der Waals surface area contributed by atoms with E-state index in [2.05, 4.69) is 10.5 Å². The van der Waals surface area contributed by atoms with Gasteiger partial charge in [-0.05, 0) is 49.6 Å². The van der Waals surface area contributed by atoms with Crippen LogP contribution >= 0.6 is 0 Å². The first-order valence-corrected chi connectivity index (χ1v) is 8.56. The molecule has 1 aromatic carbocycles. The molecule has 3 rings (SSSR count). The molecule has 0 spiro atoms. The topological polar surface area (TPSA) is 80.2 Å². The van der Waals surface area contributed by atoms with Crippen LogP contribution in [0.4, 0.5) is 0 Å². The van der Waals surface area contributed by atoms with Crippen molar-refractivity contribution in [1.82, 2.24) is 10.3 Å². The van der Waals surface area contributed by atoms with E-state index in [-0.39, 0.29) is 24.3 Å². The van der Waals surface area contributed by atoms with E-state index in [1.807, 2.05) is 19.1 Å². The maximum Gasteiger partial charge on any atom is 0.260 e. The first-order chi connectivity index (χ1) is 12.1. The molecule has 0 bridgehead atoms. The second-order valence-electron chi connectivity index (χ2n) is 6.25. The van der Waals surface area contributed by atoms with Gasteiger partial charge in [-0.15, -0.1) is 0 Å². The van der Waals surface area contributed by atoms with Crippen LogP contribution in [0, 0.1) is 5.92 Å². The van der Waals surface area contributed by atoms with Gasteiger partial charge in [-0.2, -0.15) is 5.10 Å². The lowest BCUT2D eigenvalue weighted by atomic mass is 10.1. The molecule has 0 aromatic heterocycles. The summed E-state index contributed by atoms with van der Waals surface area (Å²) in [5.41, 5.74) is 4.21. The molecule has 2 aliphatic rings. The number of amides is 2. The van der Waals surface area contributed by atoms with Gasteiger partial charge in [-0.25, -0.2) is 5.43 Å². The number of carbonyl (C=O) groups is 2. The first-order valence-electron chi connectivity index (χ1n) is 8.56. The van der Waals surface area contributed by atoms with Crippen molar-refractivity contribution in [2.24, 2.45) is 11.0 Å². The molecule has 25 heavy (non-hydrogen) atoms. The van der Waals surface area contributed by atoms with Crippen molar-refractivity contribution >= 4 is 17.5 Å². The SMILES string of the molecule is C/C(=N/NC(=O)C1CC1)c1ccc(OCC(=O)N2CCOCC2)cc1. The molecule has 1 saturated carbocycles. The smallest absolute Gasteiger partial charge is 0.260 e. The number of morpholine rings is 1. The largest absolute Gasteiger partial charge is 0.484 e. The van der Waals surface area contributed by atoms with Crippen molar-refractivity contribution in [2.45, 2.75) is 19.8 Å². The van der Waals surface area contributed by atoms with Gasteiger partial charge in [0.25, 0.3) is 5.91 Å². The Labute approximate surface area is 147 Å². The quantitative estimate of drug-likeness (QED) is 0.620. The fourth-order valence-electron chi connectivity index (χ4n) is 2.48. The molecule has 7 heteroatoms. The third-order valence-corrected chi connectivity index (χ3v) is 4.28. The van der Waals surface area contributed by atoms with Gasteiger partial charge < -0.3 is 14.4 Å². The van der Waals surface area contributed by atoms with E-state index in [0.717, 1.165) is 24.1 Å². The third kappa shape index (κ3) is 5.03. The Kier molecular flexibility index (Phi) is 5.65. The second-order valence-corrected chi connectivity index (χ2v) is 6.25. The summed E-state index contributed by atoms with van der Waals surface area (Å²) in [6.45, 7) is 4.24. The highest BCUT2D eigenvalue weighted by Crippen LogP contribution is 2.28. The van der Waals surface area contributed by atoms with Gasteiger partial charge in [0.05, 0.1) is 18.9 Å². The lowest BCUT2D eigenvalue weighted by molar-refractivity contribution is -0.137. The molecule has 2 fully saturated rings. The summed E-state index contributed by atoms with van der Waals surface area (Å²) in [6, 6.07) is 7.31. The van der Waals surface area contributed by atoms with E-state index in [9.17, 15) is 9.59 Å². The average molecular weight is 345 g/mol. The van der Waals surface area contributed by atoms with E-state index < -0.39 is 0 Å². The summed E-state index contributed by atoms with van der Waals surface area (Å²) >= 11 is 0. The van der Waals surface area contributed by atoms with E-state index >= 15 is 0 Å². The molecule has 0 unspecified atom stereocenters. The number of carbonyl (C=O) groups excluding carboxylic acids is 2. The fraction of sp³-hybridized carbons (Fsp3) is 0.500. The van der Waals surface area contributed by atoms with Crippen molar-refractivity contribution in [3.05, 3.63) is 29.8 Å². The summed E-state index contributed by atoms with van der Waals surface area (Å²) in [4.78, 5) is 25.4. The van der Waals surface area contributed by atoms with Gasteiger partial charge in [0.2, 0.25) is 5.91 Å². The van der Waals surface area contributed by atoms with Crippen LogP contribution in [0.3, 0.4) is 0 Å². The molecule has 1 aromatic rings. The van der Waals surface area contributed by atoms with E-state index in [1.165, 1.54) is 0 Å². The molecule has 1 heterocycles. The molecule has 2 amide bonds. The molecule has 1 saturated heterocycles. The van der Waals surface area contributed by atoms with Crippen molar-refractivity contribution in [3.63, 3.8) is 0 Å². The summed E-state index contributed by atoms with van der Waals surface area (Å²) < 4.78 is 10.8. The van der Waals surface area contributed by atoms with Crippen molar-refractivity contribution < 1.29 is 19.1 Å². The van der Waals surface area contributed by atoms with Crippen LogP contribution in [0.1, 0.15) is 25.3 Å². The number of hydrogen-bond donors (Lipinski definition) is 1. The van der Waals surface area contributed by atoms with Crippen LogP contribution in [0.5, 0.6) is 5.75 Å². The summed E-state index contributed by atoms with van der Waals surface area (Å²) in [6.07, 6.45) is 1.91. The van der Waals surface area contributed by atoms with Gasteiger partial charge in [0.15, 0.2) is 6.61 Å². The molecule has 0 radical (unpaired) electrons. The van der Waals surface area contributed by atoms with Crippen LogP contribution in [0.25, 0.3) is 0 Å². The van der Waals surface area contributed by atoms with Crippen LogP contribution in [0.2, 0.25) is 0 Å². The van der Waals surface area contributed by atoms with Crippen LogP contribution in [-0.4, -0.2) is 55.3 Å². The standard InChI is InChI=1S/C18H23N3O4/c1-13(19-20-18(23)15-2-3-15)14-4-6-16(7-5-14)25-12-17(22)21-8-10-24-11-9-21/h4-7,15H,2-3,8-12H2,1H3,(H,20,23)/b19-13-. The Morgan fingerprint density at radius 3 is 2.56 bits per heavy atom. The van der Waals surface area contributed by atoms with Gasteiger partial charge in [0.1, 0.15) is 5.75 Å². The average Bonchev–Trinajstić information content (AvgIpc) is 3.50. The Hall–Kier alpha value is -2.41. The first kappa shape index (κ1) is 17.4. The highest BCUT2D eigenvalue weighted by atomic mass is 16.5. The zero-order valence-corrected chi connectivity index (χ0v) is 14.4. The van der Waals surface area contributed by atoms with Crippen molar-refractivity contribution in [2.75, 3.05) is 32.9 Å². The summed E-state index contributed by atoms with van der Waals surface area (Å²) in [7, 11) is 0. The number of benzene rings is 1. The Bertz CT molecular complexity index is 647. The van der Waals surface area contributed by atoms with Gasteiger partial charge in [-0.1, -0.05) is 0 Å². The Balaban J connectivity index is 1.48. The van der Waals surface area contributed by atoms with Crippen molar-refractivity contribution in [1.29, 1.82) is 0 Å². The Morgan fingerprint density at radius 1 is 1.24 bits per heavy atom. The lowest BCUT2D eigenvalue weighted by Gasteiger charge is -2.26. The molecule has 1 aliphatic carbocycles. The monoisotopic (exact) mass is 345 g/mol. The van der Waals surface area contributed by atoms with Crippen LogP contribution < -0.4 is 10.2 Å². The maximum absolute atomic E-state index is 12.0. The Morgan fingerprint density at radius 2 is 1.92 bits per heavy atom. The zero-order valence-electron chi connectivity index (χ0n) is 14.4. The molecular formula is C18H23N3O4. The molecule has 134 valence electrons. The minimum absolute atomic E-state index is 0.0130. The number of rotatable bonds is 6. The summed E-state index contributed by atoms with van der Waals surface area (Å²) in [5, 5.41) is 4.12. The fourth-order valence-corrected chi connectivity index (χ4v) is 2.48. The highest BCUT2D eigenvalue weighted by molar-refractivity contribution is 5.99. The minimum atomic E-state index is -0.0343. The molecule has 7 nitrogen and oxygen atoms in total. The third-order valence-electron chi connectivity index (χ3n) is 4.28.